The molecule has 0 saturated carbocycles. The molecule has 31 heavy (non-hydrogen) atoms. The number of carboxylic acid groups (broad SMARTS) is 1. The predicted molar refractivity (Wildman–Crippen MR) is 119 cm³/mol. The van der Waals surface area contributed by atoms with Crippen molar-refractivity contribution in [1.29, 1.82) is 0 Å². The van der Waals surface area contributed by atoms with Gasteiger partial charge in [-0.25, -0.2) is 0 Å². The number of hydrogen-bond acceptors (Lipinski definition) is 3. The second kappa shape index (κ2) is 8.98. The molecule has 3 rings (SSSR count). The SMILES string of the molecule is N[C@@H](Cc1ccc(N2CCC(c3cc(Cl)c(Cl)c(Cl)c3)(C(F)(F)F)C2)cc1Br)C(=O)O. The van der Waals surface area contributed by atoms with Gasteiger partial charge in [-0.2, -0.15) is 13.2 Å². The number of carbonyl (C=O) groups is 1. The van der Waals surface area contributed by atoms with E-state index in [0.29, 0.717) is 15.7 Å². The molecule has 1 unspecified atom stereocenters. The fourth-order valence-electron chi connectivity index (χ4n) is 3.72. The van der Waals surface area contributed by atoms with Gasteiger partial charge in [-0.3, -0.25) is 4.79 Å². The normalized spacial score (nSPS) is 20.2. The summed E-state index contributed by atoms with van der Waals surface area (Å²) in [5, 5.41) is 8.92. The summed E-state index contributed by atoms with van der Waals surface area (Å²) in [6, 6.07) is 6.34. The molecule has 3 N–H and O–H groups in total. The van der Waals surface area contributed by atoms with Crippen LogP contribution in [0.25, 0.3) is 0 Å². The third kappa shape index (κ3) is 4.78. The highest BCUT2D eigenvalue weighted by atomic mass is 79.9. The van der Waals surface area contributed by atoms with Crippen LogP contribution in [0.3, 0.4) is 0 Å². The molecule has 1 heterocycles. The molecule has 168 valence electrons. The van der Waals surface area contributed by atoms with Gasteiger partial charge in [0.2, 0.25) is 0 Å². The molecule has 11 heteroatoms. The van der Waals surface area contributed by atoms with Crippen molar-refractivity contribution in [2.45, 2.75) is 30.5 Å². The van der Waals surface area contributed by atoms with Crippen LogP contribution in [0, 0.1) is 0 Å². The van der Waals surface area contributed by atoms with Gasteiger partial charge in [0.25, 0.3) is 0 Å². The number of rotatable bonds is 5. The molecule has 0 bridgehead atoms. The smallest absolute Gasteiger partial charge is 0.400 e. The zero-order valence-electron chi connectivity index (χ0n) is 15.8. The minimum atomic E-state index is -4.55. The molecule has 1 fully saturated rings. The van der Waals surface area contributed by atoms with E-state index in [9.17, 15) is 18.0 Å². The summed E-state index contributed by atoms with van der Waals surface area (Å²) >= 11 is 21.3. The van der Waals surface area contributed by atoms with Crippen molar-refractivity contribution in [1.82, 2.24) is 0 Å². The van der Waals surface area contributed by atoms with E-state index in [4.69, 9.17) is 45.6 Å². The number of benzene rings is 2. The van der Waals surface area contributed by atoms with Gasteiger partial charge in [-0.15, -0.1) is 0 Å². The first kappa shape index (κ1) is 24.5. The zero-order valence-corrected chi connectivity index (χ0v) is 19.7. The number of carboxylic acids is 1. The van der Waals surface area contributed by atoms with Crippen LogP contribution in [0.1, 0.15) is 17.5 Å². The van der Waals surface area contributed by atoms with Crippen LogP contribution in [0.2, 0.25) is 15.1 Å². The zero-order chi connectivity index (χ0) is 23.1. The van der Waals surface area contributed by atoms with Crippen LogP contribution in [0.5, 0.6) is 0 Å². The van der Waals surface area contributed by atoms with E-state index in [1.807, 2.05) is 0 Å². The van der Waals surface area contributed by atoms with Gasteiger partial charge in [0, 0.05) is 23.2 Å². The van der Waals surface area contributed by atoms with Crippen molar-refractivity contribution in [3.63, 3.8) is 0 Å². The van der Waals surface area contributed by atoms with Crippen LogP contribution in [-0.2, 0) is 16.6 Å². The number of aliphatic carboxylic acids is 1. The van der Waals surface area contributed by atoms with Crippen molar-refractivity contribution in [3.8, 4) is 0 Å². The van der Waals surface area contributed by atoms with E-state index in [-0.39, 0.29) is 46.6 Å². The van der Waals surface area contributed by atoms with E-state index >= 15 is 0 Å². The van der Waals surface area contributed by atoms with E-state index < -0.39 is 23.6 Å². The maximum atomic E-state index is 14.3. The standard InChI is InChI=1S/C20H17BrCl3F3N2O2/c21-13-8-12(2-1-10(13)5-16(28)18(30)31)29-4-3-19(9-29,20(25,26)27)11-6-14(22)17(24)15(23)7-11/h1-2,6-8,16H,3-5,9,28H2,(H,30,31)/t16-,19?/m0/s1. The number of halogens is 7. The van der Waals surface area contributed by atoms with E-state index in [1.54, 1.807) is 23.1 Å². The fourth-order valence-corrected chi connectivity index (χ4v) is 4.84. The fraction of sp³-hybridized carbons (Fsp3) is 0.350. The summed E-state index contributed by atoms with van der Waals surface area (Å²) in [6.07, 6.45) is -4.65. The third-order valence-corrected chi connectivity index (χ3v) is 7.44. The molecule has 0 aromatic heterocycles. The quantitative estimate of drug-likeness (QED) is 0.436. The molecule has 2 aromatic carbocycles. The van der Waals surface area contributed by atoms with Gasteiger partial charge in [-0.1, -0.05) is 56.8 Å². The number of hydrogen-bond donors (Lipinski definition) is 2. The molecule has 1 aliphatic heterocycles. The van der Waals surface area contributed by atoms with Crippen LogP contribution in [-0.4, -0.2) is 36.4 Å². The second-order valence-corrected chi connectivity index (χ2v) is 9.48. The van der Waals surface area contributed by atoms with Crippen LogP contribution < -0.4 is 10.6 Å². The van der Waals surface area contributed by atoms with E-state index in [0.717, 1.165) is 0 Å². The Morgan fingerprint density at radius 2 is 1.84 bits per heavy atom. The summed E-state index contributed by atoms with van der Waals surface area (Å²) in [7, 11) is 0. The molecule has 2 atom stereocenters. The molecular weight excluding hydrogens is 543 g/mol. The molecule has 0 radical (unpaired) electrons. The van der Waals surface area contributed by atoms with Gasteiger partial charge in [0.15, 0.2) is 0 Å². The lowest BCUT2D eigenvalue weighted by Crippen LogP contribution is -2.45. The molecule has 1 saturated heterocycles. The van der Waals surface area contributed by atoms with Crippen molar-refractivity contribution in [3.05, 3.63) is 61.0 Å². The maximum absolute atomic E-state index is 14.3. The summed E-state index contributed by atoms with van der Waals surface area (Å²) < 4.78 is 43.5. The molecule has 1 aliphatic rings. The summed E-state index contributed by atoms with van der Waals surface area (Å²) in [5.74, 6) is -1.13. The largest absolute Gasteiger partial charge is 0.480 e. The highest BCUT2D eigenvalue weighted by Crippen LogP contribution is 2.50. The summed E-state index contributed by atoms with van der Waals surface area (Å²) in [5.41, 5.74) is 4.59. The van der Waals surface area contributed by atoms with Gasteiger partial charge in [0.05, 0.1) is 15.1 Å². The Hall–Kier alpha value is -1.19. The first-order chi connectivity index (χ1) is 14.4. The average molecular weight is 561 g/mol. The Labute approximate surface area is 200 Å². The van der Waals surface area contributed by atoms with Crippen molar-refractivity contribution in [2.24, 2.45) is 5.73 Å². The van der Waals surface area contributed by atoms with Crippen LogP contribution in [0.15, 0.2) is 34.8 Å². The van der Waals surface area contributed by atoms with Gasteiger partial charge in [-0.05, 0) is 48.2 Å². The molecule has 0 spiro atoms. The highest BCUT2D eigenvalue weighted by molar-refractivity contribution is 9.10. The lowest BCUT2D eigenvalue weighted by molar-refractivity contribution is -0.184. The second-order valence-electron chi connectivity index (χ2n) is 7.43. The van der Waals surface area contributed by atoms with Crippen molar-refractivity contribution >= 4 is 62.4 Å². The molecule has 2 aromatic rings. The first-order valence-electron chi connectivity index (χ1n) is 9.09. The Morgan fingerprint density at radius 1 is 1.23 bits per heavy atom. The molecular formula is C20H17BrCl3F3N2O2. The van der Waals surface area contributed by atoms with Gasteiger partial charge >= 0.3 is 12.1 Å². The minimum absolute atomic E-state index is 0.0124. The van der Waals surface area contributed by atoms with E-state index in [2.05, 4.69) is 15.9 Å². The topological polar surface area (TPSA) is 66.6 Å². The van der Waals surface area contributed by atoms with Crippen LogP contribution in [0.4, 0.5) is 18.9 Å². The molecule has 0 amide bonds. The van der Waals surface area contributed by atoms with Crippen molar-refractivity contribution in [2.75, 3.05) is 18.0 Å². The third-order valence-electron chi connectivity index (χ3n) is 5.51. The lowest BCUT2D eigenvalue weighted by atomic mass is 9.79. The van der Waals surface area contributed by atoms with E-state index in [1.165, 1.54) is 12.1 Å². The highest BCUT2D eigenvalue weighted by Gasteiger charge is 2.59. The average Bonchev–Trinajstić information content (AvgIpc) is 3.14. The number of nitrogens with zero attached hydrogens (tertiary/aromatic N) is 1. The Balaban J connectivity index is 1.93. The lowest BCUT2D eigenvalue weighted by Gasteiger charge is -2.33. The number of alkyl halides is 3. The number of nitrogens with two attached hydrogens (primary N) is 1. The number of anilines is 1. The summed E-state index contributed by atoms with van der Waals surface area (Å²) in [4.78, 5) is 12.6. The summed E-state index contributed by atoms with van der Waals surface area (Å²) in [6.45, 7) is -0.178. The predicted octanol–water partition coefficient (Wildman–Crippen LogP) is 6.07. The molecule has 0 aliphatic carbocycles. The van der Waals surface area contributed by atoms with Crippen molar-refractivity contribution < 1.29 is 23.1 Å². The Kier molecular flexibility index (Phi) is 7.08. The Morgan fingerprint density at radius 3 is 2.35 bits per heavy atom. The molecule has 4 nitrogen and oxygen atoms in total. The Bertz CT molecular complexity index is 999. The van der Waals surface area contributed by atoms with Gasteiger partial charge in [0.1, 0.15) is 11.5 Å². The first-order valence-corrected chi connectivity index (χ1v) is 11.0. The maximum Gasteiger partial charge on any atom is 0.400 e. The minimum Gasteiger partial charge on any atom is -0.480 e. The van der Waals surface area contributed by atoms with Gasteiger partial charge < -0.3 is 15.7 Å². The van der Waals surface area contributed by atoms with Crippen LogP contribution >= 0.6 is 50.7 Å². The monoisotopic (exact) mass is 558 g/mol.